The van der Waals surface area contributed by atoms with E-state index in [0.29, 0.717) is 35.5 Å². The Labute approximate surface area is 178 Å². The smallest absolute Gasteiger partial charge is 0.203 e. The second-order valence-electron chi connectivity index (χ2n) is 6.60. The monoisotopic (exact) mass is 491 g/mol. The van der Waals surface area contributed by atoms with E-state index in [-0.39, 0.29) is 24.0 Å². The summed E-state index contributed by atoms with van der Waals surface area (Å²) in [6.07, 6.45) is 4.92. The van der Waals surface area contributed by atoms with Gasteiger partial charge in [0.25, 0.3) is 0 Å². The Morgan fingerprint density at radius 2 is 1.93 bits per heavy atom. The Hall–Kier alpha value is -1.42. The summed E-state index contributed by atoms with van der Waals surface area (Å²) < 4.78 is 22.2. The van der Waals surface area contributed by atoms with Gasteiger partial charge in [-0.15, -0.1) is 24.0 Å². The van der Waals surface area contributed by atoms with Gasteiger partial charge in [0.05, 0.1) is 39.6 Å². The van der Waals surface area contributed by atoms with Crippen molar-refractivity contribution in [2.75, 3.05) is 34.9 Å². The second kappa shape index (κ2) is 10.2. The molecular weight excluding hydrogens is 461 g/mol. The third-order valence-corrected chi connectivity index (χ3v) is 5.12. The van der Waals surface area contributed by atoms with Gasteiger partial charge >= 0.3 is 0 Å². The van der Waals surface area contributed by atoms with Crippen molar-refractivity contribution < 1.29 is 18.9 Å². The molecule has 8 heteroatoms. The molecule has 152 valence electrons. The molecule has 1 aromatic rings. The van der Waals surface area contributed by atoms with Crippen LogP contribution in [0.1, 0.15) is 24.8 Å². The first-order chi connectivity index (χ1) is 12.7. The molecule has 2 N–H and O–H groups in total. The minimum Gasteiger partial charge on any atom is -0.493 e. The Morgan fingerprint density at radius 1 is 1.15 bits per heavy atom. The number of nitrogens with zero attached hydrogens (tertiary/aromatic N) is 1. The number of hydrogen-bond donors (Lipinski definition) is 2. The zero-order chi connectivity index (χ0) is 18.5. The standard InChI is InChI=1S/C19H29N3O4.HI/c1-20-19(22-14-11-13-6-8-15(14)26-13)21-10-9-12-5-7-16(23-2)18(25-4)17(12)24-3;/h5,7,13-15H,6,8-11H2,1-4H3,(H2,20,21,22);1H. The number of fused-ring (bicyclic) bond motifs is 2. The van der Waals surface area contributed by atoms with Gasteiger partial charge in [0.1, 0.15) is 0 Å². The molecule has 3 atom stereocenters. The Bertz CT molecular complexity index is 656. The zero-order valence-corrected chi connectivity index (χ0v) is 18.7. The molecule has 2 saturated heterocycles. The van der Waals surface area contributed by atoms with Crippen molar-refractivity contribution >= 4 is 29.9 Å². The minimum atomic E-state index is 0. The molecule has 0 saturated carbocycles. The van der Waals surface area contributed by atoms with E-state index in [1.165, 1.54) is 6.42 Å². The van der Waals surface area contributed by atoms with Crippen molar-refractivity contribution in [3.63, 3.8) is 0 Å². The average Bonchev–Trinajstić information content (AvgIpc) is 3.29. The molecule has 0 amide bonds. The van der Waals surface area contributed by atoms with Crippen LogP contribution in [-0.4, -0.2) is 59.1 Å². The molecule has 0 aromatic heterocycles. The fourth-order valence-electron chi connectivity index (χ4n) is 3.84. The zero-order valence-electron chi connectivity index (χ0n) is 16.4. The molecule has 2 aliphatic rings. The maximum Gasteiger partial charge on any atom is 0.203 e. The number of hydrogen-bond acceptors (Lipinski definition) is 5. The van der Waals surface area contributed by atoms with Crippen molar-refractivity contribution in [3.8, 4) is 17.2 Å². The highest BCUT2D eigenvalue weighted by Crippen LogP contribution is 2.39. The van der Waals surface area contributed by atoms with Crippen molar-refractivity contribution in [2.45, 2.75) is 43.9 Å². The van der Waals surface area contributed by atoms with E-state index >= 15 is 0 Å². The van der Waals surface area contributed by atoms with Gasteiger partial charge in [-0.25, -0.2) is 0 Å². The van der Waals surface area contributed by atoms with Crippen LogP contribution < -0.4 is 24.8 Å². The minimum absolute atomic E-state index is 0. The lowest BCUT2D eigenvalue weighted by molar-refractivity contribution is 0.0992. The van der Waals surface area contributed by atoms with E-state index in [0.717, 1.165) is 37.3 Å². The Kier molecular flexibility index (Phi) is 8.28. The van der Waals surface area contributed by atoms with Gasteiger partial charge in [0.15, 0.2) is 17.5 Å². The summed E-state index contributed by atoms with van der Waals surface area (Å²) >= 11 is 0. The van der Waals surface area contributed by atoms with E-state index in [1.54, 1.807) is 28.4 Å². The van der Waals surface area contributed by atoms with Gasteiger partial charge in [-0.1, -0.05) is 6.07 Å². The van der Waals surface area contributed by atoms with Gasteiger partial charge in [-0.2, -0.15) is 0 Å². The number of methoxy groups -OCH3 is 3. The molecule has 0 radical (unpaired) electrons. The average molecular weight is 491 g/mol. The number of rotatable bonds is 7. The summed E-state index contributed by atoms with van der Waals surface area (Å²) in [5, 5.41) is 6.87. The van der Waals surface area contributed by atoms with Crippen LogP contribution in [0.3, 0.4) is 0 Å². The van der Waals surface area contributed by atoms with Gasteiger partial charge in [0.2, 0.25) is 5.75 Å². The molecule has 27 heavy (non-hydrogen) atoms. The van der Waals surface area contributed by atoms with Gasteiger partial charge in [-0.05, 0) is 31.7 Å². The molecule has 3 unspecified atom stereocenters. The number of guanidine groups is 1. The van der Waals surface area contributed by atoms with Crippen molar-refractivity contribution in [1.82, 2.24) is 10.6 Å². The quantitative estimate of drug-likeness (QED) is 0.347. The fraction of sp³-hybridized carbons (Fsp3) is 0.632. The van der Waals surface area contributed by atoms with E-state index in [4.69, 9.17) is 18.9 Å². The van der Waals surface area contributed by atoms with E-state index in [2.05, 4.69) is 15.6 Å². The highest BCUT2D eigenvalue weighted by atomic mass is 127. The predicted octanol–water partition coefficient (Wildman–Crippen LogP) is 2.36. The van der Waals surface area contributed by atoms with Crippen LogP contribution in [0.5, 0.6) is 17.2 Å². The lowest BCUT2D eigenvalue weighted by Crippen LogP contribution is -2.47. The van der Waals surface area contributed by atoms with Crippen LogP contribution in [0.25, 0.3) is 0 Å². The summed E-state index contributed by atoms with van der Waals surface area (Å²) in [6.45, 7) is 0.729. The largest absolute Gasteiger partial charge is 0.493 e. The number of aliphatic imine (C=N–C) groups is 1. The maximum absolute atomic E-state index is 5.89. The van der Waals surface area contributed by atoms with Crippen molar-refractivity contribution in [1.29, 1.82) is 0 Å². The molecule has 2 aliphatic heterocycles. The van der Waals surface area contributed by atoms with Crippen molar-refractivity contribution in [3.05, 3.63) is 17.7 Å². The normalized spacial score (nSPS) is 23.6. The van der Waals surface area contributed by atoms with Crippen LogP contribution in [-0.2, 0) is 11.2 Å². The third kappa shape index (κ3) is 4.90. The highest BCUT2D eigenvalue weighted by molar-refractivity contribution is 14.0. The first kappa shape index (κ1) is 21.9. The third-order valence-electron chi connectivity index (χ3n) is 5.12. The van der Waals surface area contributed by atoms with Crippen LogP contribution in [0.15, 0.2) is 17.1 Å². The molecule has 2 bridgehead atoms. The lowest BCUT2D eigenvalue weighted by Gasteiger charge is -2.23. The van der Waals surface area contributed by atoms with Gasteiger partial charge in [0, 0.05) is 19.2 Å². The van der Waals surface area contributed by atoms with Crippen molar-refractivity contribution in [2.24, 2.45) is 4.99 Å². The Balaban J connectivity index is 0.00000261. The summed E-state index contributed by atoms with van der Waals surface area (Å²) in [5.74, 6) is 2.80. The lowest BCUT2D eigenvalue weighted by atomic mass is 9.96. The predicted molar refractivity (Wildman–Crippen MR) is 116 cm³/mol. The Morgan fingerprint density at radius 3 is 2.48 bits per heavy atom. The molecule has 2 fully saturated rings. The molecule has 7 nitrogen and oxygen atoms in total. The van der Waals surface area contributed by atoms with Crippen LogP contribution in [0.4, 0.5) is 0 Å². The molecule has 2 heterocycles. The summed E-state index contributed by atoms with van der Waals surface area (Å²) in [7, 11) is 6.67. The summed E-state index contributed by atoms with van der Waals surface area (Å²) in [6, 6.07) is 4.26. The van der Waals surface area contributed by atoms with Crippen LogP contribution >= 0.6 is 24.0 Å². The number of benzene rings is 1. The molecular formula is C19H30IN3O4. The van der Waals surface area contributed by atoms with Gasteiger partial charge in [-0.3, -0.25) is 4.99 Å². The van der Waals surface area contributed by atoms with Crippen LogP contribution in [0, 0.1) is 0 Å². The number of ether oxygens (including phenoxy) is 4. The maximum atomic E-state index is 5.89. The first-order valence-corrected chi connectivity index (χ1v) is 9.10. The second-order valence-corrected chi connectivity index (χ2v) is 6.60. The summed E-state index contributed by atoms with van der Waals surface area (Å²) in [5.41, 5.74) is 1.05. The van der Waals surface area contributed by atoms with E-state index in [9.17, 15) is 0 Å². The fourth-order valence-corrected chi connectivity index (χ4v) is 3.84. The first-order valence-electron chi connectivity index (χ1n) is 9.10. The molecule has 3 rings (SSSR count). The van der Waals surface area contributed by atoms with Crippen LogP contribution in [0.2, 0.25) is 0 Å². The number of nitrogens with one attached hydrogen (secondary N) is 2. The molecule has 1 aromatic carbocycles. The highest BCUT2D eigenvalue weighted by Gasteiger charge is 2.41. The van der Waals surface area contributed by atoms with E-state index in [1.807, 2.05) is 12.1 Å². The van der Waals surface area contributed by atoms with E-state index < -0.39 is 0 Å². The molecule has 0 aliphatic carbocycles. The molecule has 0 spiro atoms. The summed E-state index contributed by atoms with van der Waals surface area (Å²) in [4.78, 5) is 4.33. The number of halogens is 1. The SMILES string of the molecule is CN=C(NCCc1ccc(OC)c(OC)c1OC)NC1CC2CCC1O2.I. The van der Waals surface area contributed by atoms with Gasteiger partial charge < -0.3 is 29.6 Å². The topological polar surface area (TPSA) is 73.3 Å².